The molecule has 2 bridgehead atoms. The molecule has 4 nitrogen and oxygen atoms in total. The second-order valence-electron chi connectivity index (χ2n) is 5.78. The number of carbonyl (C=O) groups is 1. The minimum Gasteiger partial charge on any atom is -0.465 e. The van der Waals surface area contributed by atoms with Crippen LogP contribution in [-0.4, -0.2) is 30.7 Å². The topological polar surface area (TPSA) is 34.5 Å². The highest BCUT2D eigenvalue weighted by Gasteiger charge is 2.35. The normalized spacial score (nSPS) is 17.6. The van der Waals surface area contributed by atoms with Gasteiger partial charge in [-0.3, -0.25) is 0 Å². The third-order valence-corrected chi connectivity index (χ3v) is 4.84. The van der Waals surface area contributed by atoms with Gasteiger partial charge in [-0.1, -0.05) is 0 Å². The predicted molar refractivity (Wildman–Crippen MR) is 78.4 cm³/mol. The third kappa shape index (κ3) is 1.39. The Morgan fingerprint density at radius 1 is 1.30 bits per heavy atom. The first-order valence-corrected chi connectivity index (χ1v) is 7.16. The first kappa shape index (κ1) is 11.8. The van der Waals surface area contributed by atoms with Crippen molar-refractivity contribution in [2.75, 3.05) is 25.1 Å². The lowest BCUT2D eigenvalue weighted by Crippen LogP contribution is -2.39. The number of piperidine rings is 1. The van der Waals surface area contributed by atoms with E-state index in [4.69, 9.17) is 4.74 Å². The molecular weight excluding hydrogens is 252 g/mol. The number of esters is 1. The van der Waals surface area contributed by atoms with Gasteiger partial charge in [0.2, 0.25) is 0 Å². The van der Waals surface area contributed by atoms with Gasteiger partial charge < -0.3 is 14.2 Å². The number of fused-ring (bicyclic) bond motifs is 3. The van der Waals surface area contributed by atoms with Crippen LogP contribution in [0, 0.1) is 0 Å². The number of hydrogen-bond donors (Lipinski definition) is 0. The number of carbonyl (C=O) groups excluding carboxylic acids is 1. The Morgan fingerprint density at radius 2 is 2.05 bits per heavy atom. The average molecular weight is 270 g/mol. The van der Waals surface area contributed by atoms with Crippen molar-refractivity contribution in [2.45, 2.75) is 18.8 Å². The summed E-state index contributed by atoms with van der Waals surface area (Å²) in [6, 6.07) is 5.89. The molecule has 3 aliphatic heterocycles. The zero-order chi connectivity index (χ0) is 13.9. The van der Waals surface area contributed by atoms with Crippen LogP contribution in [-0.2, 0) is 11.8 Å². The smallest absolute Gasteiger partial charge is 0.337 e. The number of hydrogen-bond acceptors (Lipinski definition) is 3. The van der Waals surface area contributed by atoms with Crippen LogP contribution < -0.4 is 4.90 Å². The maximum atomic E-state index is 11.7. The van der Waals surface area contributed by atoms with E-state index in [1.807, 2.05) is 18.2 Å². The van der Waals surface area contributed by atoms with E-state index in [1.54, 1.807) is 0 Å². The first-order valence-electron chi connectivity index (χ1n) is 7.16. The summed E-state index contributed by atoms with van der Waals surface area (Å²) in [7, 11) is 3.57. The van der Waals surface area contributed by atoms with E-state index in [2.05, 4.69) is 16.5 Å². The zero-order valence-electron chi connectivity index (χ0n) is 11.8. The molecule has 1 fully saturated rings. The molecule has 0 saturated carbocycles. The van der Waals surface area contributed by atoms with Crippen molar-refractivity contribution in [1.29, 1.82) is 0 Å². The Labute approximate surface area is 117 Å². The van der Waals surface area contributed by atoms with E-state index in [-0.39, 0.29) is 5.97 Å². The van der Waals surface area contributed by atoms with Crippen LogP contribution in [0.2, 0.25) is 0 Å². The Balaban J connectivity index is 2.00. The van der Waals surface area contributed by atoms with Crippen molar-refractivity contribution in [2.24, 2.45) is 7.05 Å². The molecule has 0 amide bonds. The van der Waals surface area contributed by atoms with Crippen LogP contribution in [0.3, 0.4) is 0 Å². The number of aromatic nitrogens is 1. The average Bonchev–Trinajstić information content (AvgIpc) is 2.83. The SMILES string of the molecule is COC(=O)c1ccc2c(c1)c1c(n2C)C2CCN1CC2. The maximum Gasteiger partial charge on any atom is 0.337 e. The molecule has 104 valence electrons. The molecule has 1 saturated heterocycles. The number of benzene rings is 1. The van der Waals surface area contributed by atoms with Gasteiger partial charge in [0.25, 0.3) is 0 Å². The third-order valence-electron chi connectivity index (χ3n) is 4.84. The summed E-state index contributed by atoms with van der Waals surface area (Å²) >= 11 is 0. The zero-order valence-corrected chi connectivity index (χ0v) is 11.8. The molecule has 1 aromatic heterocycles. The predicted octanol–water partition coefficient (Wildman–Crippen LogP) is 2.66. The number of rotatable bonds is 1. The monoisotopic (exact) mass is 270 g/mol. The highest BCUT2D eigenvalue weighted by Crippen LogP contribution is 2.47. The van der Waals surface area contributed by atoms with Gasteiger partial charge in [-0.15, -0.1) is 0 Å². The number of anilines is 1. The van der Waals surface area contributed by atoms with Crippen molar-refractivity contribution >= 4 is 22.6 Å². The lowest BCUT2D eigenvalue weighted by molar-refractivity contribution is 0.0601. The van der Waals surface area contributed by atoms with Gasteiger partial charge in [-0.25, -0.2) is 4.79 Å². The van der Waals surface area contributed by atoms with E-state index in [9.17, 15) is 4.79 Å². The Morgan fingerprint density at radius 3 is 2.75 bits per heavy atom. The van der Waals surface area contributed by atoms with Gasteiger partial charge in [0, 0.05) is 37.1 Å². The number of ether oxygens (including phenoxy) is 1. The Bertz CT molecular complexity index is 709. The van der Waals surface area contributed by atoms with E-state index >= 15 is 0 Å². The summed E-state index contributed by atoms with van der Waals surface area (Å²) in [4.78, 5) is 14.2. The molecule has 0 radical (unpaired) electrons. The summed E-state index contributed by atoms with van der Waals surface area (Å²) in [5.41, 5.74) is 4.63. The molecule has 0 unspecified atom stereocenters. The fourth-order valence-electron chi connectivity index (χ4n) is 3.87. The van der Waals surface area contributed by atoms with E-state index < -0.39 is 0 Å². The fourth-order valence-corrected chi connectivity index (χ4v) is 3.87. The maximum absolute atomic E-state index is 11.7. The van der Waals surface area contributed by atoms with Crippen molar-refractivity contribution in [3.8, 4) is 0 Å². The van der Waals surface area contributed by atoms with Crippen LogP contribution in [0.1, 0.15) is 34.8 Å². The molecule has 20 heavy (non-hydrogen) atoms. The van der Waals surface area contributed by atoms with Crippen molar-refractivity contribution in [3.05, 3.63) is 29.5 Å². The molecule has 0 atom stereocenters. The Hall–Kier alpha value is -1.97. The molecule has 1 aromatic carbocycles. The van der Waals surface area contributed by atoms with Crippen molar-refractivity contribution in [1.82, 2.24) is 4.57 Å². The van der Waals surface area contributed by atoms with Crippen molar-refractivity contribution in [3.63, 3.8) is 0 Å². The standard InChI is InChI=1S/C16H18N2O2/c1-17-13-4-3-11(16(19)20-2)9-12(13)15-14(17)10-5-7-18(15)8-6-10/h3-4,9-10H,5-8H2,1-2H3. The number of methoxy groups -OCH3 is 1. The highest BCUT2D eigenvalue weighted by atomic mass is 16.5. The van der Waals surface area contributed by atoms with Crippen LogP contribution >= 0.6 is 0 Å². The van der Waals surface area contributed by atoms with Gasteiger partial charge >= 0.3 is 5.97 Å². The highest BCUT2D eigenvalue weighted by molar-refractivity contribution is 6.01. The van der Waals surface area contributed by atoms with Gasteiger partial charge in [-0.2, -0.15) is 0 Å². The molecule has 0 aliphatic carbocycles. The summed E-state index contributed by atoms with van der Waals surface area (Å²) < 4.78 is 7.15. The quantitative estimate of drug-likeness (QED) is 0.747. The van der Waals surface area contributed by atoms with E-state index in [1.165, 1.54) is 42.2 Å². The summed E-state index contributed by atoms with van der Waals surface area (Å²) in [6.07, 6.45) is 2.50. The molecule has 0 N–H and O–H groups in total. The summed E-state index contributed by atoms with van der Waals surface area (Å²) in [6.45, 7) is 2.28. The summed E-state index contributed by atoms with van der Waals surface area (Å²) in [5, 5.41) is 1.19. The number of aryl methyl sites for hydroxylation is 1. The first-order chi connectivity index (χ1) is 9.70. The molecule has 5 rings (SSSR count). The largest absolute Gasteiger partial charge is 0.465 e. The molecule has 4 heteroatoms. The van der Waals surface area contributed by atoms with Crippen LogP contribution in [0.4, 0.5) is 5.69 Å². The molecular formula is C16H18N2O2. The minimum atomic E-state index is -0.263. The molecule has 0 spiro atoms. The second-order valence-corrected chi connectivity index (χ2v) is 5.78. The van der Waals surface area contributed by atoms with Gasteiger partial charge in [0.1, 0.15) is 0 Å². The van der Waals surface area contributed by atoms with Gasteiger partial charge in [-0.05, 0) is 31.0 Å². The van der Waals surface area contributed by atoms with Crippen LogP contribution in [0.15, 0.2) is 18.2 Å². The van der Waals surface area contributed by atoms with Gasteiger partial charge in [0.15, 0.2) is 0 Å². The van der Waals surface area contributed by atoms with E-state index in [0.717, 1.165) is 13.1 Å². The number of nitrogens with zero attached hydrogens (tertiary/aromatic N) is 2. The lowest BCUT2D eigenvalue weighted by atomic mass is 9.87. The van der Waals surface area contributed by atoms with Crippen LogP contribution in [0.25, 0.3) is 10.9 Å². The van der Waals surface area contributed by atoms with E-state index in [0.29, 0.717) is 11.5 Å². The van der Waals surface area contributed by atoms with Gasteiger partial charge in [0.05, 0.1) is 23.9 Å². The summed E-state index contributed by atoms with van der Waals surface area (Å²) in [5.74, 6) is 0.412. The van der Waals surface area contributed by atoms with Crippen LogP contribution in [0.5, 0.6) is 0 Å². The molecule has 4 heterocycles. The second kappa shape index (κ2) is 4.01. The molecule has 2 aromatic rings. The lowest BCUT2D eigenvalue weighted by Gasteiger charge is -2.41. The molecule has 3 aliphatic rings. The fraction of sp³-hybridized carbons (Fsp3) is 0.438. The van der Waals surface area contributed by atoms with Crippen molar-refractivity contribution < 1.29 is 9.53 Å². The minimum absolute atomic E-state index is 0.263. The Kier molecular flexibility index (Phi) is 2.37.